The van der Waals surface area contributed by atoms with E-state index in [2.05, 4.69) is 16.5 Å². The molecule has 0 radical (unpaired) electrons. The first-order chi connectivity index (χ1) is 17.3. The van der Waals surface area contributed by atoms with Crippen molar-refractivity contribution < 1.29 is 14.7 Å². The van der Waals surface area contributed by atoms with Gasteiger partial charge in [-0.2, -0.15) is 14.9 Å². The highest BCUT2D eigenvalue weighted by Crippen LogP contribution is 2.29. The topological polar surface area (TPSA) is 133 Å². The number of aromatic hydroxyl groups is 1. The number of anilines is 1. The van der Waals surface area contributed by atoms with E-state index in [1.165, 1.54) is 21.4 Å². The molecule has 0 spiro atoms. The van der Waals surface area contributed by atoms with Crippen LogP contribution in [0.1, 0.15) is 53.7 Å². The van der Waals surface area contributed by atoms with Crippen molar-refractivity contribution in [2.75, 3.05) is 11.4 Å². The maximum Gasteiger partial charge on any atom is 0.270 e. The number of benzene rings is 1. The van der Waals surface area contributed by atoms with Gasteiger partial charge < -0.3 is 15.3 Å². The van der Waals surface area contributed by atoms with Gasteiger partial charge in [0.25, 0.3) is 17.4 Å². The summed E-state index contributed by atoms with van der Waals surface area (Å²) in [7, 11) is 0. The predicted molar refractivity (Wildman–Crippen MR) is 133 cm³/mol. The molecule has 3 aromatic rings. The molecule has 0 atom stereocenters. The molecule has 2 aromatic heterocycles. The van der Waals surface area contributed by atoms with Crippen LogP contribution in [0.15, 0.2) is 35.3 Å². The lowest BCUT2D eigenvalue weighted by Crippen LogP contribution is -2.36. The molecule has 184 valence electrons. The van der Waals surface area contributed by atoms with Crippen LogP contribution in [0.3, 0.4) is 0 Å². The van der Waals surface area contributed by atoms with Gasteiger partial charge in [0.1, 0.15) is 5.65 Å². The first kappa shape index (κ1) is 23.4. The third kappa shape index (κ3) is 4.13. The average Bonchev–Trinajstić information content (AvgIpc) is 3.39. The fourth-order valence-corrected chi connectivity index (χ4v) is 4.50. The van der Waals surface area contributed by atoms with Gasteiger partial charge in [-0.25, -0.2) is 0 Å². The Hall–Kier alpha value is -4.39. The van der Waals surface area contributed by atoms with Gasteiger partial charge in [0.2, 0.25) is 5.88 Å². The molecule has 36 heavy (non-hydrogen) atoms. The van der Waals surface area contributed by atoms with Crippen molar-refractivity contribution in [3.05, 3.63) is 63.1 Å². The van der Waals surface area contributed by atoms with Gasteiger partial charge in [-0.05, 0) is 55.0 Å². The molecule has 3 heterocycles. The van der Waals surface area contributed by atoms with Crippen molar-refractivity contribution in [1.82, 2.24) is 19.5 Å². The Kier molecular flexibility index (Phi) is 5.84. The van der Waals surface area contributed by atoms with Crippen molar-refractivity contribution in [2.24, 2.45) is 5.92 Å². The van der Waals surface area contributed by atoms with Crippen LogP contribution in [0.25, 0.3) is 11.7 Å². The van der Waals surface area contributed by atoms with Crippen LogP contribution >= 0.6 is 0 Å². The average molecular weight is 487 g/mol. The summed E-state index contributed by atoms with van der Waals surface area (Å²) in [5, 5.41) is 26.9. The molecule has 0 bridgehead atoms. The zero-order chi connectivity index (χ0) is 25.6. The number of nitriles is 1. The number of nitrogens with one attached hydrogen (secondary N) is 1. The van der Waals surface area contributed by atoms with E-state index in [1.807, 2.05) is 13.8 Å². The Labute approximate surface area is 207 Å². The summed E-state index contributed by atoms with van der Waals surface area (Å²) in [4.78, 5) is 40.7. The molecule has 2 N–H and O–H groups in total. The first-order valence-electron chi connectivity index (χ1n) is 12.0. The van der Waals surface area contributed by atoms with Crippen LogP contribution in [0, 0.1) is 17.2 Å². The van der Waals surface area contributed by atoms with Gasteiger partial charge in [-0.1, -0.05) is 13.8 Å². The summed E-state index contributed by atoms with van der Waals surface area (Å²) in [5.74, 6) is -1.32. The molecule has 1 fully saturated rings. The van der Waals surface area contributed by atoms with E-state index in [1.54, 1.807) is 29.2 Å². The summed E-state index contributed by atoms with van der Waals surface area (Å²) < 4.78 is 2.60. The van der Waals surface area contributed by atoms with E-state index in [4.69, 9.17) is 5.26 Å². The number of nitrogens with zero attached hydrogens (tertiary/aromatic N) is 5. The number of fused-ring (bicyclic) bond motifs is 2. The fourth-order valence-electron chi connectivity index (χ4n) is 4.50. The minimum Gasteiger partial charge on any atom is -0.492 e. The minimum absolute atomic E-state index is 0.0230. The van der Waals surface area contributed by atoms with Crippen molar-refractivity contribution in [3.8, 4) is 11.9 Å². The highest BCUT2D eigenvalue weighted by molar-refractivity contribution is 6.05. The van der Waals surface area contributed by atoms with Crippen molar-refractivity contribution in [1.29, 1.82) is 5.26 Å². The molecule has 0 unspecified atom stereocenters. The third-order valence-corrected chi connectivity index (χ3v) is 6.37. The molecule has 10 nitrogen and oxygen atoms in total. The summed E-state index contributed by atoms with van der Waals surface area (Å²) in [6, 6.07) is 7.39. The van der Waals surface area contributed by atoms with Crippen molar-refractivity contribution in [3.63, 3.8) is 0 Å². The number of amides is 2. The van der Waals surface area contributed by atoms with Crippen molar-refractivity contribution in [2.45, 2.75) is 45.7 Å². The van der Waals surface area contributed by atoms with Crippen molar-refractivity contribution >= 4 is 29.2 Å². The number of carbonyl (C=O) groups excluding carboxylic acids is 2. The smallest absolute Gasteiger partial charge is 0.270 e. The molecule has 1 aliphatic heterocycles. The minimum atomic E-state index is -0.616. The van der Waals surface area contributed by atoms with Crippen LogP contribution in [0.5, 0.6) is 5.88 Å². The van der Waals surface area contributed by atoms with Crippen LogP contribution in [0.2, 0.25) is 0 Å². The molecule has 0 saturated heterocycles. The largest absolute Gasteiger partial charge is 0.492 e. The molecular weight excluding hydrogens is 460 g/mol. The molecular formula is C26H26N6O4. The standard InChI is InChI=1S/C26H26N6O4/c1-15(2)14-31-24-18(4-8-21(33)30-10-9-17-11-16(12-27)3-7-20(17)30)13-28-32(24)26(36)22(25(31)35)23(34)29-19-5-6-19/h3-4,7-8,11,13,15,19,36H,5-6,9-10,14H2,1-2H3,(H,29,34)/b8-4+. The number of carbonyl (C=O) groups is 2. The Morgan fingerprint density at radius 3 is 2.81 bits per heavy atom. The van der Waals surface area contributed by atoms with Gasteiger partial charge >= 0.3 is 0 Å². The Balaban J connectivity index is 1.51. The summed E-state index contributed by atoms with van der Waals surface area (Å²) in [5.41, 5.74) is 2.09. The van der Waals surface area contributed by atoms with Gasteiger partial charge in [-0.3, -0.25) is 19.0 Å². The fraction of sp³-hybridized carbons (Fsp3) is 0.346. The van der Waals surface area contributed by atoms with Gasteiger partial charge in [-0.15, -0.1) is 0 Å². The number of hydrogen-bond acceptors (Lipinski definition) is 6. The summed E-state index contributed by atoms with van der Waals surface area (Å²) in [6.45, 7) is 4.68. The van der Waals surface area contributed by atoms with Gasteiger partial charge in [0, 0.05) is 36.5 Å². The highest BCUT2D eigenvalue weighted by atomic mass is 16.3. The normalized spacial score (nSPS) is 15.0. The lowest BCUT2D eigenvalue weighted by Gasteiger charge is -2.16. The molecule has 10 heteroatoms. The first-order valence-corrected chi connectivity index (χ1v) is 12.0. The second kappa shape index (κ2) is 9.00. The van der Waals surface area contributed by atoms with Crippen LogP contribution in [-0.4, -0.2) is 43.7 Å². The van der Waals surface area contributed by atoms with Crippen LogP contribution in [0.4, 0.5) is 5.69 Å². The highest BCUT2D eigenvalue weighted by Gasteiger charge is 2.30. The zero-order valence-corrected chi connectivity index (χ0v) is 20.1. The number of aromatic nitrogens is 3. The Morgan fingerprint density at radius 1 is 1.33 bits per heavy atom. The molecule has 1 saturated carbocycles. The van der Waals surface area contributed by atoms with E-state index in [9.17, 15) is 19.5 Å². The quantitative estimate of drug-likeness (QED) is 0.514. The maximum absolute atomic E-state index is 13.3. The maximum atomic E-state index is 13.3. The molecule has 1 aliphatic carbocycles. The van der Waals surface area contributed by atoms with E-state index < -0.39 is 17.3 Å². The third-order valence-electron chi connectivity index (χ3n) is 6.37. The SMILES string of the molecule is CC(C)Cn1c(=O)c(C(=O)NC2CC2)c(O)n2ncc(/C=C/C(=O)N3CCc4cc(C#N)ccc43)c12. The monoisotopic (exact) mass is 486 g/mol. The zero-order valence-electron chi connectivity index (χ0n) is 20.1. The second-order valence-electron chi connectivity index (χ2n) is 9.62. The van der Waals surface area contributed by atoms with Gasteiger partial charge in [0.05, 0.1) is 17.8 Å². The lowest BCUT2D eigenvalue weighted by molar-refractivity contribution is -0.114. The second-order valence-corrected chi connectivity index (χ2v) is 9.62. The summed E-state index contributed by atoms with van der Waals surface area (Å²) >= 11 is 0. The lowest BCUT2D eigenvalue weighted by atomic mass is 10.1. The Morgan fingerprint density at radius 2 is 2.11 bits per heavy atom. The molecule has 2 aliphatic rings. The number of hydrogen-bond donors (Lipinski definition) is 2. The predicted octanol–water partition coefficient (Wildman–Crippen LogP) is 2.22. The van der Waals surface area contributed by atoms with E-state index in [0.29, 0.717) is 36.3 Å². The number of rotatable bonds is 6. The Bertz CT molecular complexity index is 1520. The molecule has 5 rings (SSSR count). The molecule has 1 aromatic carbocycles. The van der Waals surface area contributed by atoms with E-state index >= 15 is 0 Å². The summed E-state index contributed by atoms with van der Waals surface area (Å²) in [6.07, 6.45) is 6.77. The van der Waals surface area contributed by atoms with Gasteiger partial charge in [0.15, 0.2) is 5.56 Å². The van der Waals surface area contributed by atoms with Crippen LogP contribution in [-0.2, 0) is 17.8 Å². The van der Waals surface area contributed by atoms with E-state index in [-0.39, 0.29) is 23.4 Å². The molecule has 2 amide bonds. The van der Waals surface area contributed by atoms with E-state index in [0.717, 1.165) is 24.1 Å². The van der Waals surface area contributed by atoms with Crippen LogP contribution < -0.4 is 15.8 Å².